The first-order valence-corrected chi connectivity index (χ1v) is 5.93. The highest BCUT2D eigenvalue weighted by atomic mass is 16.3. The van der Waals surface area contributed by atoms with Gasteiger partial charge >= 0.3 is 0 Å². The number of carbonyl (C=O) groups excluding carboxylic acids is 3. The van der Waals surface area contributed by atoms with E-state index in [0.29, 0.717) is 11.4 Å². The zero-order chi connectivity index (χ0) is 14.3. The average Bonchev–Trinajstić information content (AvgIpc) is 2.94. The Balaban J connectivity index is 1.87. The quantitative estimate of drug-likeness (QED) is 0.786. The van der Waals surface area contributed by atoms with Crippen LogP contribution in [0.25, 0.3) is 0 Å². The van der Waals surface area contributed by atoms with E-state index >= 15 is 0 Å². The smallest absolute Gasteiger partial charge is 0.258 e. The second-order valence-corrected chi connectivity index (χ2v) is 4.34. The number of aliphatic hydroxyl groups is 1. The summed E-state index contributed by atoms with van der Waals surface area (Å²) in [5, 5.41) is 9.67. The lowest BCUT2D eigenvalue weighted by atomic mass is 10.2. The SMILES string of the molecule is O=C1C=CC(=O)N1c1ccc(N2C(=O)C=CC2O)cc1. The van der Waals surface area contributed by atoms with Gasteiger partial charge in [-0.2, -0.15) is 0 Å². The number of amides is 3. The van der Waals surface area contributed by atoms with E-state index in [2.05, 4.69) is 0 Å². The number of carbonyl (C=O) groups is 3. The molecule has 1 N–H and O–H groups in total. The minimum Gasteiger partial charge on any atom is -0.369 e. The normalized spacial score (nSPS) is 21.4. The summed E-state index contributed by atoms with van der Waals surface area (Å²) in [5.74, 6) is -1.12. The highest BCUT2D eigenvalue weighted by Crippen LogP contribution is 2.26. The van der Waals surface area contributed by atoms with Gasteiger partial charge in [0, 0.05) is 23.9 Å². The molecule has 0 bridgehead atoms. The van der Waals surface area contributed by atoms with Crippen molar-refractivity contribution < 1.29 is 19.5 Å². The van der Waals surface area contributed by atoms with Gasteiger partial charge < -0.3 is 5.11 Å². The topological polar surface area (TPSA) is 77.9 Å². The predicted octanol–water partition coefficient (Wildman–Crippen LogP) is 0.337. The van der Waals surface area contributed by atoms with Crippen molar-refractivity contribution in [2.24, 2.45) is 0 Å². The van der Waals surface area contributed by atoms with E-state index in [9.17, 15) is 19.5 Å². The van der Waals surface area contributed by atoms with Crippen molar-refractivity contribution in [2.75, 3.05) is 9.80 Å². The molecule has 2 aliphatic rings. The maximum atomic E-state index is 11.6. The molecule has 3 rings (SSSR count). The minimum absolute atomic E-state index is 0.319. The molecule has 1 aromatic carbocycles. The van der Waals surface area contributed by atoms with Crippen molar-refractivity contribution in [2.45, 2.75) is 6.23 Å². The monoisotopic (exact) mass is 270 g/mol. The van der Waals surface area contributed by atoms with Gasteiger partial charge in [0.05, 0.1) is 5.69 Å². The van der Waals surface area contributed by atoms with Crippen LogP contribution in [0.3, 0.4) is 0 Å². The number of aliphatic hydroxyl groups excluding tert-OH is 1. The lowest BCUT2D eigenvalue weighted by Gasteiger charge is -2.21. The van der Waals surface area contributed by atoms with Crippen LogP contribution in [0, 0.1) is 0 Å². The van der Waals surface area contributed by atoms with Crippen LogP contribution in [0.1, 0.15) is 0 Å². The highest BCUT2D eigenvalue weighted by molar-refractivity contribution is 6.28. The first kappa shape index (κ1) is 12.3. The summed E-state index contributed by atoms with van der Waals surface area (Å²) in [7, 11) is 0. The van der Waals surface area contributed by atoms with Crippen molar-refractivity contribution >= 4 is 29.1 Å². The molecule has 2 heterocycles. The molecule has 6 heteroatoms. The number of benzene rings is 1. The first-order chi connectivity index (χ1) is 9.58. The zero-order valence-corrected chi connectivity index (χ0v) is 10.3. The summed E-state index contributed by atoms with van der Waals surface area (Å²) in [5.41, 5.74) is 0.908. The van der Waals surface area contributed by atoms with E-state index in [1.54, 1.807) is 24.3 Å². The van der Waals surface area contributed by atoms with Gasteiger partial charge in [-0.05, 0) is 30.3 Å². The number of rotatable bonds is 2. The van der Waals surface area contributed by atoms with E-state index in [4.69, 9.17) is 0 Å². The third-order valence-corrected chi connectivity index (χ3v) is 3.11. The molecule has 0 saturated heterocycles. The number of hydrogen-bond donors (Lipinski definition) is 1. The standard InChI is InChI=1S/C14H10N2O4/c17-11-5-6-12(18)15(11)9-1-2-10(4-3-9)16-13(19)7-8-14(16)20/h1-8,11,17H. The molecule has 0 saturated carbocycles. The van der Waals surface area contributed by atoms with Gasteiger partial charge in [-0.3, -0.25) is 19.3 Å². The minimum atomic E-state index is -0.995. The molecule has 20 heavy (non-hydrogen) atoms. The number of anilines is 2. The molecular weight excluding hydrogens is 260 g/mol. The van der Waals surface area contributed by atoms with E-state index < -0.39 is 18.0 Å². The second kappa shape index (κ2) is 4.43. The largest absolute Gasteiger partial charge is 0.369 e. The van der Waals surface area contributed by atoms with E-state index in [-0.39, 0.29) is 5.91 Å². The predicted molar refractivity (Wildman–Crippen MR) is 70.7 cm³/mol. The summed E-state index contributed by atoms with van der Waals surface area (Å²) in [6.45, 7) is 0. The molecule has 0 radical (unpaired) electrons. The van der Waals surface area contributed by atoms with Crippen molar-refractivity contribution in [3.8, 4) is 0 Å². The van der Waals surface area contributed by atoms with Crippen LogP contribution in [0.4, 0.5) is 11.4 Å². The molecule has 100 valence electrons. The van der Waals surface area contributed by atoms with Crippen molar-refractivity contribution in [1.29, 1.82) is 0 Å². The molecule has 1 atom stereocenters. The van der Waals surface area contributed by atoms with Crippen LogP contribution < -0.4 is 9.80 Å². The summed E-state index contributed by atoms with van der Waals surface area (Å²) in [6, 6.07) is 6.25. The molecule has 0 spiro atoms. The number of hydrogen-bond acceptors (Lipinski definition) is 4. The Bertz CT molecular complexity index is 642. The average molecular weight is 270 g/mol. The third-order valence-electron chi connectivity index (χ3n) is 3.11. The van der Waals surface area contributed by atoms with Gasteiger partial charge in [-0.15, -0.1) is 0 Å². The second-order valence-electron chi connectivity index (χ2n) is 4.34. The molecule has 1 unspecified atom stereocenters. The van der Waals surface area contributed by atoms with E-state index in [0.717, 1.165) is 4.90 Å². The van der Waals surface area contributed by atoms with Crippen molar-refractivity contribution in [3.63, 3.8) is 0 Å². The molecule has 2 aliphatic heterocycles. The van der Waals surface area contributed by atoms with Gasteiger partial charge in [0.15, 0.2) is 6.23 Å². The maximum Gasteiger partial charge on any atom is 0.258 e. The fourth-order valence-corrected chi connectivity index (χ4v) is 2.16. The highest BCUT2D eigenvalue weighted by Gasteiger charge is 2.27. The fraction of sp³-hybridized carbons (Fsp3) is 0.0714. The third kappa shape index (κ3) is 1.83. The van der Waals surface area contributed by atoms with Crippen LogP contribution in [-0.4, -0.2) is 29.1 Å². The Labute approximate surface area is 114 Å². The molecule has 0 aromatic heterocycles. The summed E-state index contributed by atoms with van der Waals surface area (Å²) >= 11 is 0. The summed E-state index contributed by atoms with van der Waals surface area (Å²) < 4.78 is 0. The van der Waals surface area contributed by atoms with Crippen LogP contribution in [-0.2, 0) is 14.4 Å². The Hall–Kier alpha value is -2.73. The molecule has 1 aromatic rings. The van der Waals surface area contributed by atoms with Crippen LogP contribution >= 0.6 is 0 Å². The Kier molecular flexibility index (Phi) is 2.73. The van der Waals surface area contributed by atoms with Crippen LogP contribution in [0.15, 0.2) is 48.6 Å². The Morgan fingerprint density at radius 2 is 1.35 bits per heavy atom. The summed E-state index contributed by atoms with van der Waals surface area (Å²) in [4.78, 5) is 36.9. The maximum absolute atomic E-state index is 11.6. The molecular formula is C14H10N2O4. The van der Waals surface area contributed by atoms with Gasteiger partial charge in [0.25, 0.3) is 17.7 Å². The van der Waals surface area contributed by atoms with Gasteiger partial charge in [-0.25, -0.2) is 4.90 Å². The Morgan fingerprint density at radius 1 is 0.800 bits per heavy atom. The molecule has 0 aliphatic carbocycles. The zero-order valence-electron chi connectivity index (χ0n) is 10.3. The van der Waals surface area contributed by atoms with Gasteiger partial charge in [0.2, 0.25) is 0 Å². The van der Waals surface area contributed by atoms with Crippen LogP contribution in [0.5, 0.6) is 0 Å². The Morgan fingerprint density at radius 3 is 1.85 bits per heavy atom. The van der Waals surface area contributed by atoms with E-state index in [1.165, 1.54) is 29.2 Å². The molecule has 0 fully saturated rings. The van der Waals surface area contributed by atoms with Gasteiger partial charge in [-0.1, -0.05) is 0 Å². The van der Waals surface area contributed by atoms with Crippen molar-refractivity contribution in [3.05, 3.63) is 48.6 Å². The molecule has 3 amide bonds. The fourth-order valence-electron chi connectivity index (χ4n) is 2.16. The lowest BCUT2D eigenvalue weighted by molar-refractivity contribution is -0.120. The first-order valence-electron chi connectivity index (χ1n) is 5.93. The number of nitrogens with zero attached hydrogens (tertiary/aromatic N) is 2. The van der Waals surface area contributed by atoms with Crippen LogP contribution in [0.2, 0.25) is 0 Å². The number of imide groups is 1. The summed E-state index contributed by atoms with van der Waals surface area (Å²) in [6.07, 6.45) is 4.08. The lowest BCUT2D eigenvalue weighted by Crippen LogP contribution is -2.33. The van der Waals surface area contributed by atoms with Crippen molar-refractivity contribution in [1.82, 2.24) is 0 Å². The molecule has 6 nitrogen and oxygen atoms in total. The van der Waals surface area contributed by atoms with Gasteiger partial charge in [0.1, 0.15) is 0 Å². The van der Waals surface area contributed by atoms with E-state index in [1.807, 2.05) is 0 Å².